The third-order valence-corrected chi connectivity index (χ3v) is 3.90. The van der Waals surface area contributed by atoms with E-state index in [2.05, 4.69) is 15.6 Å². The van der Waals surface area contributed by atoms with Crippen molar-refractivity contribution >= 4 is 28.9 Å². The molecule has 2 heterocycles. The van der Waals surface area contributed by atoms with E-state index in [1.165, 1.54) is 0 Å². The van der Waals surface area contributed by atoms with Gasteiger partial charge in [-0.2, -0.15) is 0 Å². The van der Waals surface area contributed by atoms with Gasteiger partial charge in [0.15, 0.2) is 0 Å². The average Bonchev–Trinajstić information content (AvgIpc) is 3.09. The number of ether oxygens (including phenoxy) is 1. The van der Waals surface area contributed by atoms with Crippen molar-refractivity contribution < 1.29 is 9.53 Å². The summed E-state index contributed by atoms with van der Waals surface area (Å²) in [6, 6.07) is 10.9. The van der Waals surface area contributed by atoms with E-state index < -0.39 is 0 Å². The predicted molar refractivity (Wildman–Crippen MR) is 90.3 cm³/mol. The first kappa shape index (κ1) is 15.8. The largest absolute Gasteiger partial charge is 0.376 e. The summed E-state index contributed by atoms with van der Waals surface area (Å²) in [6.07, 6.45) is 3.82. The molecule has 1 aromatic carbocycles. The number of hydrogen-bond donors (Lipinski definition) is 2. The van der Waals surface area contributed by atoms with Crippen LogP contribution >= 0.6 is 11.6 Å². The Morgan fingerprint density at radius 3 is 2.65 bits per heavy atom. The second kappa shape index (κ2) is 7.44. The summed E-state index contributed by atoms with van der Waals surface area (Å²) in [4.78, 5) is 16.2. The van der Waals surface area contributed by atoms with E-state index >= 15 is 0 Å². The number of aromatic nitrogens is 1. The zero-order chi connectivity index (χ0) is 16.1. The lowest BCUT2D eigenvalue weighted by molar-refractivity contribution is 0.0854. The average molecular weight is 332 g/mol. The number of carbonyl (C=O) groups is 1. The smallest absolute Gasteiger partial charge is 0.269 e. The fourth-order valence-corrected chi connectivity index (χ4v) is 2.53. The lowest BCUT2D eigenvalue weighted by Gasteiger charge is -2.11. The Morgan fingerprint density at radius 2 is 2.00 bits per heavy atom. The molecule has 0 radical (unpaired) electrons. The standard InChI is InChI=1S/C17H18ClN3O2/c18-12-3-5-13(6-4-12)21-14-7-8-16(19-10-14)17(22)20-11-15-2-1-9-23-15/h3-8,10,15,21H,1-2,9,11H2,(H,20,22). The molecule has 5 nitrogen and oxygen atoms in total. The number of nitrogens with zero attached hydrogens (tertiary/aromatic N) is 1. The van der Waals surface area contributed by atoms with Crippen molar-refractivity contribution in [3.8, 4) is 0 Å². The molecule has 23 heavy (non-hydrogen) atoms. The molecule has 1 amide bonds. The molecule has 1 aliphatic heterocycles. The Morgan fingerprint density at radius 1 is 1.22 bits per heavy atom. The Balaban J connectivity index is 1.55. The highest BCUT2D eigenvalue weighted by Crippen LogP contribution is 2.18. The normalized spacial score (nSPS) is 17.0. The van der Waals surface area contributed by atoms with Crippen LogP contribution in [0.3, 0.4) is 0 Å². The molecule has 2 aromatic rings. The minimum Gasteiger partial charge on any atom is -0.376 e. The number of amides is 1. The van der Waals surface area contributed by atoms with Gasteiger partial charge >= 0.3 is 0 Å². The van der Waals surface area contributed by atoms with Crippen molar-refractivity contribution in [2.45, 2.75) is 18.9 Å². The zero-order valence-electron chi connectivity index (χ0n) is 12.6. The quantitative estimate of drug-likeness (QED) is 0.881. The molecule has 1 unspecified atom stereocenters. The molecule has 1 fully saturated rings. The number of rotatable bonds is 5. The van der Waals surface area contributed by atoms with E-state index in [-0.39, 0.29) is 12.0 Å². The van der Waals surface area contributed by atoms with Crippen LogP contribution in [0.25, 0.3) is 0 Å². The number of nitrogens with one attached hydrogen (secondary N) is 2. The minimum absolute atomic E-state index is 0.129. The van der Waals surface area contributed by atoms with Gasteiger partial charge in [0.05, 0.1) is 18.0 Å². The highest BCUT2D eigenvalue weighted by Gasteiger charge is 2.17. The second-order valence-corrected chi connectivity index (χ2v) is 5.85. The van der Waals surface area contributed by atoms with Crippen LogP contribution in [-0.4, -0.2) is 30.1 Å². The Kier molecular flexibility index (Phi) is 5.10. The maximum Gasteiger partial charge on any atom is 0.269 e. The number of pyridine rings is 1. The summed E-state index contributed by atoms with van der Waals surface area (Å²) >= 11 is 5.85. The summed E-state index contributed by atoms with van der Waals surface area (Å²) in [6.45, 7) is 1.31. The highest BCUT2D eigenvalue weighted by molar-refractivity contribution is 6.30. The van der Waals surface area contributed by atoms with Gasteiger partial charge in [-0.25, -0.2) is 4.98 Å². The van der Waals surface area contributed by atoms with Crippen LogP contribution in [0.4, 0.5) is 11.4 Å². The molecule has 2 N–H and O–H groups in total. The summed E-state index contributed by atoms with van der Waals surface area (Å²) in [5, 5.41) is 6.74. The van der Waals surface area contributed by atoms with Crippen LogP contribution in [0.5, 0.6) is 0 Å². The van der Waals surface area contributed by atoms with Crippen molar-refractivity contribution in [3.05, 3.63) is 53.3 Å². The summed E-state index contributed by atoms with van der Waals surface area (Å²) in [7, 11) is 0. The molecule has 0 aliphatic carbocycles. The SMILES string of the molecule is O=C(NCC1CCCO1)c1ccc(Nc2ccc(Cl)cc2)cn1. The molecule has 3 rings (SSSR count). The molecule has 6 heteroatoms. The topological polar surface area (TPSA) is 63.2 Å². The number of hydrogen-bond acceptors (Lipinski definition) is 4. The van der Waals surface area contributed by atoms with Crippen molar-refractivity contribution in [2.24, 2.45) is 0 Å². The van der Waals surface area contributed by atoms with Gasteiger partial charge in [0, 0.05) is 23.9 Å². The van der Waals surface area contributed by atoms with Gasteiger partial charge in [-0.05, 0) is 49.2 Å². The van der Waals surface area contributed by atoms with Crippen molar-refractivity contribution in [1.29, 1.82) is 0 Å². The van der Waals surface area contributed by atoms with Gasteiger partial charge in [0.2, 0.25) is 0 Å². The van der Waals surface area contributed by atoms with Crippen molar-refractivity contribution in [1.82, 2.24) is 10.3 Å². The van der Waals surface area contributed by atoms with E-state index in [4.69, 9.17) is 16.3 Å². The monoisotopic (exact) mass is 331 g/mol. The van der Waals surface area contributed by atoms with Crippen LogP contribution in [0.1, 0.15) is 23.3 Å². The molecular weight excluding hydrogens is 314 g/mol. The maximum atomic E-state index is 12.0. The Hall–Kier alpha value is -2.11. The first-order chi connectivity index (χ1) is 11.2. The number of halogens is 1. The summed E-state index contributed by atoms with van der Waals surface area (Å²) in [5.74, 6) is -0.182. The molecule has 0 saturated carbocycles. The summed E-state index contributed by atoms with van der Waals surface area (Å²) < 4.78 is 5.48. The number of benzene rings is 1. The molecular formula is C17H18ClN3O2. The minimum atomic E-state index is -0.182. The van der Waals surface area contributed by atoms with E-state index in [1.54, 1.807) is 12.3 Å². The van der Waals surface area contributed by atoms with Crippen LogP contribution in [0.15, 0.2) is 42.6 Å². The number of carbonyl (C=O) groups excluding carboxylic acids is 1. The fourth-order valence-electron chi connectivity index (χ4n) is 2.40. The highest BCUT2D eigenvalue weighted by atomic mass is 35.5. The summed E-state index contributed by atoms with van der Waals surface area (Å²) in [5.41, 5.74) is 2.11. The number of anilines is 2. The molecule has 120 valence electrons. The first-order valence-corrected chi connectivity index (χ1v) is 7.97. The molecule has 0 spiro atoms. The van der Waals surface area contributed by atoms with E-state index in [9.17, 15) is 4.79 Å². The molecule has 0 bridgehead atoms. The van der Waals surface area contributed by atoms with Crippen LogP contribution < -0.4 is 10.6 Å². The van der Waals surface area contributed by atoms with Gasteiger partial charge in [-0.1, -0.05) is 11.6 Å². The first-order valence-electron chi connectivity index (χ1n) is 7.59. The van der Waals surface area contributed by atoms with Gasteiger partial charge in [-0.3, -0.25) is 4.79 Å². The van der Waals surface area contributed by atoms with Gasteiger partial charge < -0.3 is 15.4 Å². The second-order valence-electron chi connectivity index (χ2n) is 5.41. The predicted octanol–water partition coefficient (Wildman–Crippen LogP) is 3.39. The van der Waals surface area contributed by atoms with Crippen LogP contribution in [-0.2, 0) is 4.74 Å². The zero-order valence-corrected chi connectivity index (χ0v) is 13.3. The van der Waals surface area contributed by atoms with Crippen LogP contribution in [0.2, 0.25) is 5.02 Å². The lowest BCUT2D eigenvalue weighted by atomic mass is 10.2. The lowest BCUT2D eigenvalue weighted by Crippen LogP contribution is -2.32. The molecule has 1 saturated heterocycles. The molecule has 1 atom stereocenters. The maximum absolute atomic E-state index is 12.0. The van der Waals surface area contributed by atoms with Gasteiger partial charge in [-0.15, -0.1) is 0 Å². The fraction of sp³-hybridized carbons (Fsp3) is 0.294. The van der Waals surface area contributed by atoms with Gasteiger partial charge in [0.1, 0.15) is 5.69 Å². The van der Waals surface area contributed by atoms with Crippen molar-refractivity contribution in [2.75, 3.05) is 18.5 Å². The third-order valence-electron chi connectivity index (χ3n) is 3.64. The van der Waals surface area contributed by atoms with Crippen molar-refractivity contribution in [3.63, 3.8) is 0 Å². The molecule has 1 aromatic heterocycles. The van der Waals surface area contributed by atoms with Crippen LogP contribution in [0, 0.1) is 0 Å². The van der Waals surface area contributed by atoms with E-state index in [1.807, 2.05) is 30.3 Å². The Bertz CT molecular complexity index is 653. The third kappa shape index (κ3) is 4.43. The van der Waals surface area contributed by atoms with E-state index in [0.29, 0.717) is 17.3 Å². The molecule has 1 aliphatic rings. The Labute approximate surface area is 140 Å². The van der Waals surface area contributed by atoms with E-state index in [0.717, 1.165) is 30.8 Å². The van der Waals surface area contributed by atoms with Gasteiger partial charge in [0.25, 0.3) is 5.91 Å².